The normalized spacial score (nSPS) is 26.0. The molecule has 1 aliphatic rings. The van der Waals surface area contributed by atoms with Gasteiger partial charge in [0.15, 0.2) is 5.79 Å². The first-order valence-corrected chi connectivity index (χ1v) is 6.42. The molecule has 1 aromatic rings. The van der Waals surface area contributed by atoms with Gasteiger partial charge in [0.05, 0.1) is 18.3 Å². The quantitative estimate of drug-likeness (QED) is 0.928. The van der Waals surface area contributed by atoms with Crippen LogP contribution < -0.4 is 0 Å². The summed E-state index contributed by atoms with van der Waals surface area (Å²) in [6.45, 7) is 1.48. The van der Waals surface area contributed by atoms with Crippen LogP contribution in [0.2, 0.25) is 0 Å². The van der Waals surface area contributed by atoms with Crippen molar-refractivity contribution in [3.8, 4) is 0 Å². The van der Waals surface area contributed by atoms with Gasteiger partial charge < -0.3 is 14.6 Å². The Bertz CT molecular complexity index is 529. The Hall–Kier alpha value is -1.60. The van der Waals surface area contributed by atoms with Gasteiger partial charge in [-0.15, -0.1) is 0 Å². The summed E-state index contributed by atoms with van der Waals surface area (Å²) in [5.74, 6) is -2.50. The van der Waals surface area contributed by atoms with Gasteiger partial charge in [-0.05, 0) is 19.4 Å². The van der Waals surface area contributed by atoms with Crippen LogP contribution in [0, 0.1) is 0 Å². The van der Waals surface area contributed by atoms with Crippen LogP contribution >= 0.6 is 0 Å². The summed E-state index contributed by atoms with van der Waals surface area (Å²) in [7, 11) is 0. The van der Waals surface area contributed by atoms with Gasteiger partial charge >= 0.3 is 12.1 Å². The lowest BCUT2D eigenvalue weighted by molar-refractivity contribution is -0.175. The van der Waals surface area contributed by atoms with Crippen molar-refractivity contribution < 1.29 is 32.5 Å². The molecule has 0 saturated carbocycles. The minimum atomic E-state index is -4.51. The lowest BCUT2D eigenvalue weighted by atomic mass is 10.00. The van der Waals surface area contributed by atoms with Crippen molar-refractivity contribution >= 4 is 5.97 Å². The molecule has 1 aromatic carbocycles. The van der Waals surface area contributed by atoms with E-state index in [0.717, 1.165) is 6.07 Å². The number of ether oxygens (including phenoxy) is 2. The summed E-state index contributed by atoms with van der Waals surface area (Å²) in [5, 5.41) is 8.63. The highest BCUT2D eigenvalue weighted by atomic mass is 19.4. The highest BCUT2D eigenvalue weighted by molar-refractivity contribution is 5.66. The maximum atomic E-state index is 13.0. The monoisotopic (exact) mass is 304 g/mol. The molecule has 21 heavy (non-hydrogen) atoms. The van der Waals surface area contributed by atoms with Crippen LogP contribution in [0.15, 0.2) is 24.3 Å². The summed E-state index contributed by atoms with van der Waals surface area (Å²) >= 11 is 0. The molecule has 2 atom stereocenters. The average molecular weight is 304 g/mol. The van der Waals surface area contributed by atoms with Crippen LogP contribution in [0.5, 0.6) is 0 Å². The number of alkyl halides is 3. The van der Waals surface area contributed by atoms with Gasteiger partial charge in [0.25, 0.3) is 0 Å². The molecule has 0 spiro atoms. The lowest BCUT2D eigenvalue weighted by Crippen LogP contribution is -2.27. The molecule has 2 unspecified atom stereocenters. The number of benzene rings is 1. The van der Waals surface area contributed by atoms with E-state index in [1.165, 1.54) is 25.1 Å². The van der Waals surface area contributed by atoms with Gasteiger partial charge in [-0.2, -0.15) is 13.2 Å². The van der Waals surface area contributed by atoms with Gasteiger partial charge in [-0.25, -0.2) is 0 Å². The van der Waals surface area contributed by atoms with E-state index in [4.69, 9.17) is 14.6 Å². The van der Waals surface area contributed by atoms with E-state index in [-0.39, 0.29) is 25.0 Å². The molecular weight excluding hydrogens is 289 g/mol. The van der Waals surface area contributed by atoms with Crippen molar-refractivity contribution in [1.82, 2.24) is 0 Å². The third kappa shape index (κ3) is 3.54. The highest BCUT2D eigenvalue weighted by Gasteiger charge is 2.45. The molecule has 1 heterocycles. The van der Waals surface area contributed by atoms with Gasteiger partial charge in [-0.1, -0.05) is 18.2 Å². The molecule has 0 aromatic heterocycles. The smallest absolute Gasteiger partial charge is 0.416 e. The lowest BCUT2D eigenvalue weighted by Gasteiger charge is -2.27. The molecule has 0 amide bonds. The van der Waals surface area contributed by atoms with Gasteiger partial charge in [0.1, 0.15) is 0 Å². The number of carboxylic acid groups (broad SMARTS) is 1. The van der Waals surface area contributed by atoms with E-state index in [2.05, 4.69) is 0 Å². The Labute approximate surface area is 119 Å². The predicted octanol–water partition coefficient (Wildman–Crippen LogP) is 3.16. The summed E-state index contributed by atoms with van der Waals surface area (Å²) < 4.78 is 50.0. The zero-order chi connectivity index (χ0) is 15.7. The minimum absolute atomic E-state index is 0.0654. The Kier molecular flexibility index (Phi) is 4.25. The summed E-state index contributed by atoms with van der Waals surface area (Å²) in [4.78, 5) is 10.5. The Morgan fingerprint density at radius 2 is 2.10 bits per heavy atom. The standard InChI is InChI=1S/C14H15F3O4/c1-13(20-8-9(21-13)6-7-12(18)19)10-4-2-3-5-11(10)14(15,16)17/h2-5,9H,6-8H2,1H3,(H,18,19). The van der Waals surface area contributed by atoms with Crippen LogP contribution in [0.4, 0.5) is 13.2 Å². The highest BCUT2D eigenvalue weighted by Crippen LogP contribution is 2.42. The number of hydrogen-bond acceptors (Lipinski definition) is 3. The van der Waals surface area contributed by atoms with Crippen LogP contribution in [0.3, 0.4) is 0 Å². The first-order chi connectivity index (χ1) is 9.72. The van der Waals surface area contributed by atoms with Crippen molar-refractivity contribution in [1.29, 1.82) is 0 Å². The zero-order valence-electron chi connectivity index (χ0n) is 11.3. The van der Waals surface area contributed by atoms with Crippen LogP contribution in [0.1, 0.15) is 30.9 Å². The Morgan fingerprint density at radius 3 is 2.71 bits per heavy atom. The third-order valence-electron chi connectivity index (χ3n) is 3.34. The SMILES string of the molecule is CC1(c2ccccc2C(F)(F)F)OCC(CCC(=O)O)O1. The second kappa shape index (κ2) is 5.65. The molecular formula is C14H15F3O4. The molecule has 4 nitrogen and oxygen atoms in total. The third-order valence-corrected chi connectivity index (χ3v) is 3.34. The summed E-state index contributed by atoms with van der Waals surface area (Å²) in [5.41, 5.74) is -0.915. The van der Waals surface area contributed by atoms with E-state index >= 15 is 0 Å². The van der Waals surface area contributed by atoms with Crippen molar-refractivity contribution in [3.05, 3.63) is 35.4 Å². The van der Waals surface area contributed by atoms with Crippen molar-refractivity contribution in [2.75, 3.05) is 6.61 Å². The topological polar surface area (TPSA) is 55.8 Å². The largest absolute Gasteiger partial charge is 0.481 e. The van der Waals surface area contributed by atoms with Crippen LogP contribution in [-0.2, 0) is 26.2 Å². The molecule has 0 aliphatic carbocycles. The predicted molar refractivity (Wildman–Crippen MR) is 66.5 cm³/mol. The molecule has 1 aliphatic heterocycles. The molecule has 0 radical (unpaired) electrons. The van der Waals surface area contributed by atoms with E-state index in [9.17, 15) is 18.0 Å². The van der Waals surface area contributed by atoms with Gasteiger partial charge in [-0.3, -0.25) is 4.79 Å². The Balaban J connectivity index is 2.21. The van der Waals surface area contributed by atoms with Crippen molar-refractivity contribution in [3.63, 3.8) is 0 Å². The fourth-order valence-corrected chi connectivity index (χ4v) is 2.33. The number of rotatable bonds is 4. The molecule has 0 bridgehead atoms. The number of hydrogen-bond donors (Lipinski definition) is 1. The Morgan fingerprint density at radius 1 is 1.43 bits per heavy atom. The van der Waals surface area contributed by atoms with Gasteiger partial charge in [0, 0.05) is 12.0 Å². The second-order valence-corrected chi connectivity index (χ2v) is 4.97. The van der Waals surface area contributed by atoms with Crippen LogP contribution in [-0.4, -0.2) is 23.8 Å². The summed E-state index contributed by atoms with van der Waals surface area (Å²) in [6, 6.07) is 5.06. The van der Waals surface area contributed by atoms with E-state index in [1.54, 1.807) is 0 Å². The fraction of sp³-hybridized carbons (Fsp3) is 0.500. The zero-order valence-corrected chi connectivity index (χ0v) is 11.3. The van der Waals surface area contributed by atoms with Crippen molar-refractivity contribution in [2.45, 2.75) is 37.8 Å². The first kappa shape index (κ1) is 15.8. The summed E-state index contributed by atoms with van der Waals surface area (Å²) in [6.07, 6.45) is -4.97. The van der Waals surface area contributed by atoms with E-state index < -0.39 is 29.6 Å². The van der Waals surface area contributed by atoms with Crippen LogP contribution in [0.25, 0.3) is 0 Å². The molecule has 1 saturated heterocycles. The maximum Gasteiger partial charge on any atom is 0.416 e. The molecule has 2 rings (SSSR count). The number of carboxylic acids is 1. The molecule has 116 valence electrons. The number of aliphatic carboxylic acids is 1. The van der Waals surface area contributed by atoms with E-state index in [0.29, 0.717) is 0 Å². The average Bonchev–Trinajstić information content (AvgIpc) is 2.79. The number of halogens is 3. The minimum Gasteiger partial charge on any atom is -0.481 e. The fourth-order valence-electron chi connectivity index (χ4n) is 2.33. The maximum absolute atomic E-state index is 13.0. The molecule has 1 fully saturated rings. The first-order valence-electron chi connectivity index (χ1n) is 6.42. The van der Waals surface area contributed by atoms with Crippen molar-refractivity contribution in [2.24, 2.45) is 0 Å². The molecule has 7 heteroatoms. The number of carbonyl (C=O) groups is 1. The van der Waals surface area contributed by atoms with Gasteiger partial charge in [0.2, 0.25) is 0 Å². The molecule has 1 N–H and O–H groups in total. The van der Waals surface area contributed by atoms with E-state index in [1.807, 2.05) is 0 Å². The second-order valence-electron chi connectivity index (χ2n) is 4.97.